The van der Waals surface area contributed by atoms with Crippen LogP contribution in [-0.4, -0.2) is 8.42 Å². The molecule has 0 unspecified atom stereocenters. The van der Waals surface area contributed by atoms with Gasteiger partial charge in [0.15, 0.2) is 0 Å². The Labute approximate surface area is 179 Å². The van der Waals surface area contributed by atoms with Crippen molar-refractivity contribution in [2.24, 2.45) is 0 Å². The third-order valence-corrected chi connectivity index (χ3v) is 6.22. The van der Waals surface area contributed by atoms with E-state index in [4.69, 9.17) is 27.9 Å². The smallest absolute Gasteiger partial charge is 0.216 e. The molecule has 3 rings (SSSR count). The molecule has 0 heterocycles. The Kier molecular flexibility index (Phi) is 6.60. The Morgan fingerprint density at radius 3 is 2.14 bits per heavy atom. The second kappa shape index (κ2) is 9.15. The lowest BCUT2D eigenvalue weighted by Gasteiger charge is -2.10. The molecule has 0 aliphatic heterocycles. The van der Waals surface area contributed by atoms with Crippen molar-refractivity contribution in [3.05, 3.63) is 98.9 Å². The molecule has 0 aliphatic rings. The molecule has 3 aromatic rings. The van der Waals surface area contributed by atoms with Crippen LogP contribution in [0.5, 0.6) is 5.75 Å². The number of hydrogen-bond donors (Lipinski definition) is 0. The van der Waals surface area contributed by atoms with Crippen LogP contribution in [0.3, 0.4) is 0 Å². The van der Waals surface area contributed by atoms with Gasteiger partial charge in [-0.3, -0.25) is 0 Å². The first-order valence-corrected chi connectivity index (χ1v) is 10.7. The lowest BCUT2D eigenvalue weighted by molar-refractivity contribution is 0.305. The Balaban J connectivity index is 1.91. The Morgan fingerprint density at radius 2 is 1.52 bits per heavy atom. The zero-order valence-electron chi connectivity index (χ0n) is 15.0. The van der Waals surface area contributed by atoms with Gasteiger partial charge in [-0.25, -0.2) is 8.42 Å². The third-order valence-electron chi connectivity index (χ3n) is 4.04. The molecule has 0 bridgehead atoms. The lowest BCUT2D eigenvalue weighted by atomic mass is 10.2. The summed E-state index contributed by atoms with van der Waals surface area (Å²) in [4.78, 5) is -0.392. The van der Waals surface area contributed by atoms with E-state index in [2.05, 4.69) is 0 Å². The summed E-state index contributed by atoms with van der Waals surface area (Å²) >= 11 is 11.7. The number of halogens is 2. The van der Waals surface area contributed by atoms with Gasteiger partial charge >= 0.3 is 0 Å². The van der Waals surface area contributed by atoms with Crippen LogP contribution in [0.15, 0.2) is 82.6 Å². The molecule has 0 radical (unpaired) electrons. The van der Waals surface area contributed by atoms with Crippen molar-refractivity contribution in [3.8, 4) is 11.8 Å². The van der Waals surface area contributed by atoms with E-state index in [1.165, 1.54) is 30.3 Å². The number of nitriles is 1. The topological polar surface area (TPSA) is 67.2 Å². The van der Waals surface area contributed by atoms with Crippen LogP contribution in [0.1, 0.15) is 11.1 Å². The van der Waals surface area contributed by atoms with Crippen molar-refractivity contribution in [1.82, 2.24) is 0 Å². The van der Waals surface area contributed by atoms with E-state index in [0.29, 0.717) is 21.4 Å². The number of hydrogen-bond acceptors (Lipinski definition) is 4. The first-order valence-electron chi connectivity index (χ1n) is 8.49. The summed E-state index contributed by atoms with van der Waals surface area (Å²) in [6, 6.07) is 21.6. The molecule has 3 aromatic carbocycles. The van der Waals surface area contributed by atoms with E-state index < -0.39 is 9.84 Å². The van der Waals surface area contributed by atoms with E-state index in [1.807, 2.05) is 12.1 Å². The van der Waals surface area contributed by atoms with Crippen molar-refractivity contribution >= 4 is 39.1 Å². The largest absolute Gasteiger partial charge is 0.488 e. The summed E-state index contributed by atoms with van der Waals surface area (Å²) in [7, 11) is -3.98. The van der Waals surface area contributed by atoms with Gasteiger partial charge in [-0.1, -0.05) is 53.5 Å². The standard InChI is InChI=1S/C22H15Cl2NO3S/c23-18-7-5-16(6-8-18)15-28-22-4-2-1-3-17(22)13-21(14-25)29(26,27)20-11-9-19(24)10-12-20/h1-13H,15H2/b21-13+. The molecule has 0 amide bonds. The first-order chi connectivity index (χ1) is 13.9. The highest BCUT2D eigenvalue weighted by Gasteiger charge is 2.21. The van der Waals surface area contributed by atoms with Gasteiger partial charge in [-0.2, -0.15) is 5.26 Å². The summed E-state index contributed by atoms with van der Waals surface area (Å²) in [5, 5.41) is 10.5. The van der Waals surface area contributed by atoms with Gasteiger partial charge in [-0.15, -0.1) is 0 Å². The Bertz CT molecular complexity index is 1180. The fourth-order valence-electron chi connectivity index (χ4n) is 2.52. The minimum absolute atomic E-state index is 0.00531. The predicted molar refractivity (Wildman–Crippen MR) is 114 cm³/mol. The van der Waals surface area contributed by atoms with Gasteiger partial charge in [0.25, 0.3) is 0 Å². The van der Waals surface area contributed by atoms with Gasteiger partial charge in [0.05, 0.1) is 4.90 Å². The predicted octanol–water partition coefficient (Wildman–Crippen LogP) is 5.91. The molecule has 146 valence electrons. The summed E-state index contributed by atoms with van der Waals surface area (Å²) in [6.45, 7) is 0.272. The normalized spacial score (nSPS) is 11.7. The van der Waals surface area contributed by atoms with Crippen LogP contribution in [0.4, 0.5) is 0 Å². The van der Waals surface area contributed by atoms with Crippen molar-refractivity contribution in [2.45, 2.75) is 11.5 Å². The van der Waals surface area contributed by atoms with Crippen LogP contribution in [-0.2, 0) is 16.4 Å². The number of benzene rings is 3. The Morgan fingerprint density at radius 1 is 0.931 bits per heavy atom. The molecule has 0 saturated carbocycles. The quantitative estimate of drug-likeness (QED) is 0.444. The van der Waals surface area contributed by atoms with Gasteiger partial charge < -0.3 is 4.74 Å². The molecule has 0 aromatic heterocycles. The third kappa shape index (κ3) is 5.18. The molecule has 4 nitrogen and oxygen atoms in total. The molecule has 0 aliphatic carbocycles. The lowest BCUT2D eigenvalue weighted by Crippen LogP contribution is -2.04. The van der Waals surface area contributed by atoms with Crippen molar-refractivity contribution in [2.75, 3.05) is 0 Å². The number of allylic oxidation sites excluding steroid dienone is 1. The summed E-state index contributed by atoms with van der Waals surface area (Å²) < 4.78 is 31.5. The Hall–Kier alpha value is -2.78. The SMILES string of the molecule is N#C/C(=C\c1ccccc1OCc1ccc(Cl)cc1)S(=O)(=O)c1ccc(Cl)cc1. The van der Waals surface area contributed by atoms with Crippen molar-refractivity contribution in [3.63, 3.8) is 0 Å². The highest BCUT2D eigenvalue weighted by atomic mass is 35.5. The van der Waals surface area contributed by atoms with Gasteiger partial charge in [0.1, 0.15) is 23.3 Å². The number of ether oxygens (including phenoxy) is 1. The number of nitrogens with zero attached hydrogens (tertiary/aromatic N) is 1. The molecule has 29 heavy (non-hydrogen) atoms. The zero-order valence-corrected chi connectivity index (χ0v) is 17.4. The van der Waals surface area contributed by atoms with Gasteiger partial charge in [0.2, 0.25) is 9.84 Å². The molecule has 0 N–H and O–H groups in total. The first kappa shape index (κ1) is 20.9. The summed E-state index contributed by atoms with van der Waals surface area (Å²) in [6.07, 6.45) is 1.31. The molecule has 7 heteroatoms. The minimum Gasteiger partial charge on any atom is -0.488 e. The highest BCUT2D eigenvalue weighted by Crippen LogP contribution is 2.27. The summed E-state index contributed by atoms with van der Waals surface area (Å²) in [5.41, 5.74) is 1.39. The maximum atomic E-state index is 12.8. The fraction of sp³-hybridized carbons (Fsp3) is 0.0455. The van der Waals surface area contributed by atoms with E-state index in [0.717, 1.165) is 5.56 Å². The molecule has 0 fully saturated rings. The number of rotatable bonds is 6. The molecular weight excluding hydrogens is 429 g/mol. The van der Waals surface area contributed by atoms with E-state index >= 15 is 0 Å². The maximum absolute atomic E-state index is 12.8. The zero-order chi connectivity index (χ0) is 20.9. The van der Waals surface area contributed by atoms with Crippen LogP contribution in [0.25, 0.3) is 6.08 Å². The second-order valence-electron chi connectivity index (χ2n) is 6.03. The highest BCUT2D eigenvalue weighted by molar-refractivity contribution is 7.95. The molecule has 0 saturated heterocycles. The van der Waals surface area contributed by atoms with Gasteiger partial charge in [-0.05, 0) is 54.1 Å². The molecule has 0 atom stereocenters. The van der Waals surface area contributed by atoms with Gasteiger partial charge in [0, 0.05) is 15.6 Å². The van der Waals surface area contributed by atoms with E-state index in [9.17, 15) is 13.7 Å². The molecular formula is C22H15Cl2NO3S. The molecule has 0 spiro atoms. The number of para-hydroxylation sites is 1. The monoisotopic (exact) mass is 443 g/mol. The average molecular weight is 444 g/mol. The average Bonchev–Trinajstić information content (AvgIpc) is 2.72. The minimum atomic E-state index is -3.98. The van der Waals surface area contributed by atoms with Crippen LogP contribution in [0, 0.1) is 11.3 Å². The van der Waals surface area contributed by atoms with Crippen LogP contribution < -0.4 is 4.74 Å². The maximum Gasteiger partial charge on any atom is 0.216 e. The van der Waals surface area contributed by atoms with Crippen molar-refractivity contribution < 1.29 is 13.2 Å². The van der Waals surface area contributed by atoms with E-state index in [-0.39, 0.29) is 16.4 Å². The van der Waals surface area contributed by atoms with Crippen LogP contribution >= 0.6 is 23.2 Å². The van der Waals surface area contributed by atoms with E-state index in [1.54, 1.807) is 42.5 Å². The van der Waals surface area contributed by atoms with Crippen molar-refractivity contribution in [1.29, 1.82) is 5.26 Å². The fourth-order valence-corrected chi connectivity index (χ4v) is 3.93. The summed E-state index contributed by atoms with van der Waals surface area (Å²) in [5.74, 6) is 0.460. The van der Waals surface area contributed by atoms with Crippen LogP contribution in [0.2, 0.25) is 10.0 Å². The second-order valence-corrected chi connectivity index (χ2v) is 8.82. The number of sulfone groups is 1.